The van der Waals surface area contributed by atoms with E-state index < -0.39 is 0 Å². The molecule has 3 N–H and O–H groups in total. The van der Waals surface area contributed by atoms with Gasteiger partial charge in [-0.15, -0.1) is 0 Å². The van der Waals surface area contributed by atoms with Crippen LogP contribution in [0.5, 0.6) is 5.88 Å². The van der Waals surface area contributed by atoms with Gasteiger partial charge in [0.1, 0.15) is 5.82 Å². The first-order valence-electron chi connectivity index (χ1n) is 4.63. The lowest BCUT2D eigenvalue weighted by Gasteiger charge is -2.06. The summed E-state index contributed by atoms with van der Waals surface area (Å²) in [6, 6.07) is 5.35. The zero-order valence-corrected chi connectivity index (χ0v) is 8.71. The van der Waals surface area contributed by atoms with Gasteiger partial charge in [-0.3, -0.25) is 4.98 Å². The molecule has 82 valence electrons. The van der Waals surface area contributed by atoms with E-state index >= 15 is 0 Å². The summed E-state index contributed by atoms with van der Waals surface area (Å²) in [4.78, 5) is 11.9. The second-order valence-electron chi connectivity index (χ2n) is 3.02. The van der Waals surface area contributed by atoms with Crippen molar-refractivity contribution in [2.24, 2.45) is 0 Å². The summed E-state index contributed by atoms with van der Waals surface area (Å²) in [5.74, 6) is 1.14. The number of aromatic nitrogens is 3. The minimum Gasteiger partial charge on any atom is -0.481 e. The number of pyridine rings is 1. The van der Waals surface area contributed by atoms with Gasteiger partial charge in [-0.25, -0.2) is 0 Å². The molecule has 2 aromatic rings. The Morgan fingerprint density at radius 1 is 1.38 bits per heavy atom. The van der Waals surface area contributed by atoms with Crippen LogP contribution in [0, 0.1) is 0 Å². The number of ether oxygens (including phenoxy) is 1. The van der Waals surface area contributed by atoms with Crippen LogP contribution in [0.4, 0.5) is 17.5 Å². The van der Waals surface area contributed by atoms with Gasteiger partial charge < -0.3 is 15.8 Å². The number of anilines is 3. The molecule has 0 aliphatic carbocycles. The van der Waals surface area contributed by atoms with Crippen LogP contribution < -0.4 is 15.8 Å². The first-order valence-corrected chi connectivity index (χ1v) is 4.63. The Bertz CT molecular complexity index is 474. The molecule has 0 saturated heterocycles. The van der Waals surface area contributed by atoms with E-state index in [1.807, 2.05) is 12.1 Å². The number of methoxy groups -OCH3 is 1. The Morgan fingerprint density at radius 2 is 2.25 bits per heavy atom. The summed E-state index contributed by atoms with van der Waals surface area (Å²) >= 11 is 0. The molecule has 2 heterocycles. The Hall–Kier alpha value is -2.37. The smallest absolute Gasteiger partial charge is 0.225 e. The second-order valence-corrected chi connectivity index (χ2v) is 3.02. The summed E-state index contributed by atoms with van der Waals surface area (Å²) < 4.78 is 4.99. The molecule has 0 unspecified atom stereocenters. The molecule has 0 aliphatic heterocycles. The molecule has 0 radical (unpaired) electrons. The lowest BCUT2D eigenvalue weighted by atomic mass is 10.4. The molecule has 0 aliphatic rings. The molecule has 16 heavy (non-hydrogen) atoms. The van der Waals surface area contributed by atoms with Gasteiger partial charge in [0.25, 0.3) is 0 Å². The van der Waals surface area contributed by atoms with Crippen LogP contribution >= 0.6 is 0 Å². The molecule has 0 fully saturated rings. The highest BCUT2D eigenvalue weighted by Crippen LogP contribution is 2.18. The third-order valence-electron chi connectivity index (χ3n) is 1.86. The largest absolute Gasteiger partial charge is 0.481 e. The Morgan fingerprint density at radius 3 is 2.94 bits per heavy atom. The highest BCUT2D eigenvalue weighted by atomic mass is 16.5. The molecule has 2 rings (SSSR count). The predicted octanol–water partition coefficient (Wildman–Crippen LogP) is 1.21. The average molecular weight is 217 g/mol. The van der Waals surface area contributed by atoms with E-state index in [0.29, 0.717) is 11.7 Å². The maximum atomic E-state index is 5.53. The number of nitrogens with zero attached hydrogens (tertiary/aromatic N) is 3. The standard InChI is InChI=1S/C10H11N5O/c1-16-9-5-8(14-10(11)15-9)13-7-3-2-4-12-6-7/h2-6H,1H3,(H3,11,13,14,15). The van der Waals surface area contributed by atoms with E-state index in [1.54, 1.807) is 18.5 Å². The van der Waals surface area contributed by atoms with Crippen LogP contribution in [-0.4, -0.2) is 22.1 Å². The monoisotopic (exact) mass is 217 g/mol. The van der Waals surface area contributed by atoms with E-state index in [9.17, 15) is 0 Å². The van der Waals surface area contributed by atoms with Gasteiger partial charge in [0.2, 0.25) is 11.8 Å². The van der Waals surface area contributed by atoms with E-state index in [-0.39, 0.29) is 5.95 Å². The van der Waals surface area contributed by atoms with Crippen molar-refractivity contribution < 1.29 is 4.74 Å². The van der Waals surface area contributed by atoms with Crippen molar-refractivity contribution in [3.63, 3.8) is 0 Å². The summed E-state index contributed by atoms with van der Waals surface area (Å²) in [7, 11) is 1.52. The third-order valence-corrected chi connectivity index (χ3v) is 1.86. The van der Waals surface area contributed by atoms with Crippen molar-refractivity contribution in [3.05, 3.63) is 30.6 Å². The number of nitrogen functional groups attached to an aromatic ring is 1. The Labute approximate surface area is 92.5 Å². The molecule has 6 nitrogen and oxygen atoms in total. The first kappa shape index (κ1) is 10.2. The summed E-state index contributed by atoms with van der Waals surface area (Å²) in [5, 5.41) is 3.05. The van der Waals surface area contributed by atoms with Crippen molar-refractivity contribution in [1.82, 2.24) is 15.0 Å². The molecule has 0 saturated carbocycles. The third kappa shape index (κ3) is 2.35. The van der Waals surface area contributed by atoms with Crippen molar-refractivity contribution in [2.45, 2.75) is 0 Å². The van der Waals surface area contributed by atoms with Gasteiger partial charge >= 0.3 is 0 Å². The molecule has 0 aromatic carbocycles. The quantitative estimate of drug-likeness (QED) is 0.803. The number of nitrogens with two attached hydrogens (primary N) is 1. The molecule has 0 amide bonds. The van der Waals surface area contributed by atoms with Crippen molar-refractivity contribution in [2.75, 3.05) is 18.2 Å². The van der Waals surface area contributed by atoms with E-state index in [1.165, 1.54) is 7.11 Å². The lowest BCUT2D eigenvalue weighted by molar-refractivity contribution is 0.398. The zero-order chi connectivity index (χ0) is 11.4. The maximum absolute atomic E-state index is 5.53. The van der Waals surface area contributed by atoms with Crippen LogP contribution in [0.25, 0.3) is 0 Å². The summed E-state index contributed by atoms with van der Waals surface area (Å²) in [5.41, 5.74) is 6.35. The van der Waals surface area contributed by atoms with Crippen LogP contribution in [0.1, 0.15) is 0 Å². The van der Waals surface area contributed by atoms with Crippen LogP contribution in [-0.2, 0) is 0 Å². The van der Waals surface area contributed by atoms with E-state index in [4.69, 9.17) is 10.5 Å². The predicted molar refractivity (Wildman–Crippen MR) is 60.5 cm³/mol. The topological polar surface area (TPSA) is 86.0 Å². The van der Waals surface area contributed by atoms with Gasteiger partial charge in [0.15, 0.2) is 0 Å². The fourth-order valence-corrected chi connectivity index (χ4v) is 1.20. The average Bonchev–Trinajstić information content (AvgIpc) is 2.29. The van der Waals surface area contributed by atoms with Crippen LogP contribution in [0.3, 0.4) is 0 Å². The molecule has 0 atom stereocenters. The Kier molecular flexibility index (Phi) is 2.81. The van der Waals surface area contributed by atoms with Crippen molar-refractivity contribution >= 4 is 17.5 Å². The van der Waals surface area contributed by atoms with Crippen LogP contribution in [0.15, 0.2) is 30.6 Å². The van der Waals surface area contributed by atoms with Gasteiger partial charge in [-0.2, -0.15) is 9.97 Å². The molecule has 0 spiro atoms. The van der Waals surface area contributed by atoms with E-state index in [0.717, 1.165) is 5.69 Å². The number of hydrogen-bond donors (Lipinski definition) is 2. The highest BCUT2D eigenvalue weighted by Gasteiger charge is 2.02. The van der Waals surface area contributed by atoms with Crippen molar-refractivity contribution in [1.29, 1.82) is 0 Å². The number of nitrogens with one attached hydrogen (secondary N) is 1. The van der Waals surface area contributed by atoms with Crippen molar-refractivity contribution in [3.8, 4) is 5.88 Å². The fraction of sp³-hybridized carbons (Fsp3) is 0.100. The first-order chi connectivity index (χ1) is 7.78. The van der Waals surface area contributed by atoms with Gasteiger partial charge in [0.05, 0.1) is 19.0 Å². The Balaban J connectivity index is 2.24. The number of hydrogen-bond acceptors (Lipinski definition) is 6. The SMILES string of the molecule is COc1cc(Nc2cccnc2)nc(N)n1. The fourth-order valence-electron chi connectivity index (χ4n) is 1.20. The maximum Gasteiger partial charge on any atom is 0.225 e. The van der Waals surface area contributed by atoms with Gasteiger partial charge in [-0.05, 0) is 12.1 Å². The van der Waals surface area contributed by atoms with Gasteiger partial charge in [-0.1, -0.05) is 0 Å². The second kappa shape index (κ2) is 4.43. The van der Waals surface area contributed by atoms with E-state index in [2.05, 4.69) is 20.3 Å². The molecular formula is C10H11N5O. The number of rotatable bonds is 3. The lowest BCUT2D eigenvalue weighted by Crippen LogP contribution is -2.01. The summed E-state index contributed by atoms with van der Waals surface area (Å²) in [6.07, 6.45) is 3.38. The normalized spacial score (nSPS) is 9.81. The molecule has 2 aromatic heterocycles. The summed E-state index contributed by atoms with van der Waals surface area (Å²) in [6.45, 7) is 0. The molecular weight excluding hydrogens is 206 g/mol. The minimum absolute atomic E-state index is 0.158. The van der Waals surface area contributed by atoms with Gasteiger partial charge in [0, 0.05) is 12.3 Å². The highest BCUT2D eigenvalue weighted by molar-refractivity contribution is 5.56. The zero-order valence-electron chi connectivity index (χ0n) is 8.71. The van der Waals surface area contributed by atoms with Crippen LogP contribution in [0.2, 0.25) is 0 Å². The molecule has 6 heteroatoms. The minimum atomic E-state index is 0.158. The molecule has 0 bridgehead atoms.